The Morgan fingerprint density at radius 1 is 1.60 bits per heavy atom. The maximum atomic E-state index is 9.99. The van der Waals surface area contributed by atoms with E-state index in [0.717, 1.165) is 6.42 Å². The first-order valence-electron chi connectivity index (χ1n) is 3.85. The molecule has 1 radical (unpaired) electrons. The van der Waals surface area contributed by atoms with Gasteiger partial charge in [0.25, 0.3) is 0 Å². The molecule has 0 aromatic rings. The fourth-order valence-corrected chi connectivity index (χ4v) is 0.662. The lowest BCUT2D eigenvalue weighted by atomic mass is 10.1. The molecule has 0 bridgehead atoms. The van der Waals surface area contributed by atoms with E-state index >= 15 is 0 Å². The Morgan fingerprint density at radius 2 is 2.30 bits per heavy atom. The second-order valence-corrected chi connectivity index (χ2v) is 2.48. The van der Waals surface area contributed by atoms with Gasteiger partial charge in [-0.15, -0.1) is 0 Å². The maximum Gasteiger partial charge on any atom is 0.205 e. The predicted octanol–water partition coefficient (Wildman–Crippen LogP) is 2.48. The Kier molecular flexibility index (Phi) is 6.14. The fraction of sp³-hybridized carbons (Fsp3) is 0.667. The topological polar surface area (TPSA) is 17.1 Å². The van der Waals surface area contributed by atoms with Gasteiger partial charge in [0.1, 0.15) is 0 Å². The Balaban J connectivity index is 3.26. The number of hydrogen-bond donors (Lipinski definition) is 0. The summed E-state index contributed by atoms with van der Waals surface area (Å²) in [5.74, 6) is -0.0307. The Bertz CT molecular complexity index is 105. The van der Waals surface area contributed by atoms with Crippen LogP contribution in [0.25, 0.3) is 0 Å². The molecule has 0 spiro atoms. The highest BCUT2D eigenvalue weighted by Crippen LogP contribution is 1.98. The van der Waals surface area contributed by atoms with Crippen molar-refractivity contribution in [1.82, 2.24) is 0 Å². The van der Waals surface area contributed by atoms with Crippen LogP contribution in [0.1, 0.15) is 33.1 Å². The molecular weight excluding hydrogens is 124 g/mol. The van der Waals surface area contributed by atoms with Gasteiger partial charge < -0.3 is 0 Å². The molecule has 0 aromatic heterocycles. The van der Waals surface area contributed by atoms with Crippen molar-refractivity contribution in [2.75, 3.05) is 0 Å². The van der Waals surface area contributed by atoms with Gasteiger partial charge in [-0.3, -0.25) is 4.79 Å². The molecule has 0 aromatic carbocycles. The second kappa shape index (κ2) is 6.53. The molecular formula is C9H15O. The average Bonchev–Trinajstić information content (AvgIpc) is 1.98. The van der Waals surface area contributed by atoms with Gasteiger partial charge in [0, 0.05) is 5.92 Å². The summed E-state index contributed by atoms with van der Waals surface area (Å²) in [5.41, 5.74) is 0. The van der Waals surface area contributed by atoms with Crippen LogP contribution in [0, 0.1) is 5.92 Å². The summed E-state index contributed by atoms with van der Waals surface area (Å²) in [6.45, 7) is 4.00. The van der Waals surface area contributed by atoms with Crippen LogP contribution in [0.4, 0.5) is 0 Å². The van der Waals surface area contributed by atoms with Gasteiger partial charge in [-0.2, -0.15) is 0 Å². The summed E-state index contributed by atoms with van der Waals surface area (Å²) in [6.07, 6.45) is 9.37. The fourth-order valence-electron chi connectivity index (χ4n) is 0.662. The van der Waals surface area contributed by atoms with Gasteiger partial charge in [-0.1, -0.05) is 38.8 Å². The molecule has 0 amide bonds. The molecule has 0 N–H and O–H groups in total. The van der Waals surface area contributed by atoms with Crippen LogP contribution in [-0.4, -0.2) is 6.29 Å². The van der Waals surface area contributed by atoms with Gasteiger partial charge >= 0.3 is 0 Å². The van der Waals surface area contributed by atoms with E-state index in [4.69, 9.17) is 0 Å². The van der Waals surface area contributed by atoms with E-state index in [-0.39, 0.29) is 5.92 Å². The number of allylic oxidation sites excluding steroid dienone is 2. The SMILES string of the molecule is CCCC/C=C/C(C)[C]=O. The molecule has 1 heteroatoms. The van der Waals surface area contributed by atoms with Crippen LogP contribution >= 0.6 is 0 Å². The third-order valence-electron chi connectivity index (χ3n) is 1.33. The van der Waals surface area contributed by atoms with E-state index in [9.17, 15) is 4.79 Å². The van der Waals surface area contributed by atoms with Crippen molar-refractivity contribution >= 4 is 6.29 Å². The molecule has 57 valence electrons. The summed E-state index contributed by atoms with van der Waals surface area (Å²) in [4.78, 5) is 9.99. The molecule has 0 aliphatic carbocycles. The molecule has 10 heavy (non-hydrogen) atoms. The molecule has 1 unspecified atom stereocenters. The monoisotopic (exact) mass is 139 g/mol. The number of carbonyl (C=O) groups excluding carboxylic acids is 1. The minimum atomic E-state index is -0.0307. The van der Waals surface area contributed by atoms with E-state index in [1.165, 1.54) is 12.8 Å². The van der Waals surface area contributed by atoms with Crippen LogP contribution in [-0.2, 0) is 4.79 Å². The third kappa shape index (κ3) is 5.54. The Morgan fingerprint density at radius 3 is 2.80 bits per heavy atom. The maximum absolute atomic E-state index is 9.99. The first-order chi connectivity index (χ1) is 4.81. The summed E-state index contributed by atoms with van der Waals surface area (Å²) >= 11 is 0. The van der Waals surface area contributed by atoms with Crippen molar-refractivity contribution in [3.8, 4) is 0 Å². The first kappa shape index (κ1) is 9.41. The second-order valence-electron chi connectivity index (χ2n) is 2.48. The highest BCUT2D eigenvalue weighted by Gasteiger charge is 1.90. The average molecular weight is 139 g/mol. The van der Waals surface area contributed by atoms with E-state index < -0.39 is 0 Å². The summed E-state index contributed by atoms with van der Waals surface area (Å²) < 4.78 is 0. The lowest BCUT2D eigenvalue weighted by Crippen LogP contribution is -1.87. The number of hydrogen-bond acceptors (Lipinski definition) is 1. The zero-order valence-electron chi connectivity index (χ0n) is 6.76. The Hall–Kier alpha value is -0.590. The van der Waals surface area contributed by atoms with Crippen molar-refractivity contribution in [2.24, 2.45) is 5.92 Å². The van der Waals surface area contributed by atoms with Crippen molar-refractivity contribution in [3.63, 3.8) is 0 Å². The summed E-state index contributed by atoms with van der Waals surface area (Å²) in [5, 5.41) is 0. The zero-order chi connectivity index (χ0) is 7.82. The molecule has 0 heterocycles. The lowest BCUT2D eigenvalue weighted by Gasteiger charge is -1.90. The van der Waals surface area contributed by atoms with Gasteiger partial charge in [-0.25, -0.2) is 0 Å². The zero-order valence-corrected chi connectivity index (χ0v) is 6.76. The van der Waals surface area contributed by atoms with Crippen LogP contribution < -0.4 is 0 Å². The standard InChI is InChI=1S/C9H15O/c1-3-4-5-6-7-9(2)8-10/h6-7,9H,3-5H2,1-2H3/b7-6+. The number of unbranched alkanes of at least 4 members (excludes halogenated alkanes) is 2. The van der Waals surface area contributed by atoms with Crippen molar-refractivity contribution in [1.29, 1.82) is 0 Å². The van der Waals surface area contributed by atoms with Crippen LogP contribution in [0.15, 0.2) is 12.2 Å². The van der Waals surface area contributed by atoms with Crippen molar-refractivity contribution in [3.05, 3.63) is 12.2 Å². The van der Waals surface area contributed by atoms with Crippen molar-refractivity contribution in [2.45, 2.75) is 33.1 Å². The smallest absolute Gasteiger partial charge is 0.205 e. The van der Waals surface area contributed by atoms with Crippen molar-refractivity contribution < 1.29 is 4.79 Å². The first-order valence-corrected chi connectivity index (χ1v) is 3.85. The van der Waals surface area contributed by atoms with E-state index in [1.54, 1.807) is 0 Å². The molecule has 0 aliphatic heterocycles. The summed E-state index contributed by atoms with van der Waals surface area (Å²) in [6, 6.07) is 0. The predicted molar refractivity (Wildman–Crippen MR) is 43.5 cm³/mol. The summed E-state index contributed by atoms with van der Waals surface area (Å²) in [7, 11) is 0. The third-order valence-corrected chi connectivity index (χ3v) is 1.33. The van der Waals surface area contributed by atoms with E-state index in [1.807, 2.05) is 19.3 Å². The van der Waals surface area contributed by atoms with E-state index in [2.05, 4.69) is 13.0 Å². The van der Waals surface area contributed by atoms with Gasteiger partial charge in [0.05, 0.1) is 0 Å². The molecule has 0 saturated heterocycles. The van der Waals surface area contributed by atoms with Gasteiger partial charge in [0.2, 0.25) is 6.29 Å². The number of rotatable bonds is 5. The minimum Gasteiger partial charge on any atom is -0.290 e. The van der Waals surface area contributed by atoms with E-state index in [0.29, 0.717) is 0 Å². The van der Waals surface area contributed by atoms with Crippen LogP contribution in [0.2, 0.25) is 0 Å². The molecule has 0 saturated carbocycles. The molecule has 1 atom stereocenters. The van der Waals surface area contributed by atoms with Gasteiger partial charge in [0.15, 0.2) is 0 Å². The molecule has 0 aliphatic rings. The van der Waals surface area contributed by atoms with Crippen LogP contribution in [0.5, 0.6) is 0 Å². The highest BCUT2D eigenvalue weighted by atomic mass is 16.1. The largest absolute Gasteiger partial charge is 0.290 e. The van der Waals surface area contributed by atoms with Gasteiger partial charge in [-0.05, 0) is 6.42 Å². The molecule has 1 nitrogen and oxygen atoms in total. The Labute approximate surface area is 63.1 Å². The normalized spacial score (nSPS) is 13.8. The highest BCUT2D eigenvalue weighted by molar-refractivity contribution is 5.56. The van der Waals surface area contributed by atoms with Crippen LogP contribution in [0.3, 0.4) is 0 Å². The lowest BCUT2D eigenvalue weighted by molar-refractivity contribution is 0.543. The molecule has 0 rings (SSSR count). The quantitative estimate of drug-likeness (QED) is 0.422. The molecule has 0 fully saturated rings. The minimum absolute atomic E-state index is 0.0307.